The van der Waals surface area contributed by atoms with Gasteiger partial charge in [-0.15, -0.1) is 0 Å². The number of fused-ring (bicyclic) bond motifs is 1. The van der Waals surface area contributed by atoms with E-state index in [4.69, 9.17) is 4.42 Å². The van der Waals surface area contributed by atoms with Crippen molar-refractivity contribution in [3.8, 4) is 11.5 Å². The monoisotopic (exact) mass is 339 g/mol. The number of oxazole rings is 1. The molecule has 0 aliphatic heterocycles. The second-order valence-corrected chi connectivity index (χ2v) is 7.27. The number of carbonyl (C=O) groups is 1. The van der Waals surface area contributed by atoms with Gasteiger partial charge in [-0.25, -0.2) is 14.5 Å². The molecule has 3 aromatic rings. The molecular weight excluding hydrogens is 318 g/mol. The molecule has 0 bridgehead atoms. The van der Waals surface area contributed by atoms with Crippen molar-refractivity contribution < 1.29 is 9.21 Å². The highest BCUT2D eigenvalue weighted by atomic mass is 16.4. The number of rotatable bonds is 4. The molecule has 130 valence electrons. The number of nitrogens with one attached hydrogen (secondary N) is 1. The van der Waals surface area contributed by atoms with Crippen LogP contribution in [0.1, 0.15) is 48.6 Å². The maximum atomic E-state index is 12.8. The Morgan fingerprint density at radius 1 is 1.32 bits per heavy atom. The number of aromatic nitrogens is 4. The van der Waals surface area contributed by atoms with E-state index in [-0.39, 0.29) is 11.4 Å². The van der Waals surface area contributed by atoms with Gasteiger partial charge in [-0.2, -0.15) is 5.10 Å². The van der Waals surface area contributed by atoms with Gasteiger partial charge in [-0.1, -0.05) is 0 Å². The molecule has 1 saturated carbocycles. The van der Waals surface area contributed by atoms with Crippen LogP contribution < -0.4 is 5.32 Å². The van der Waals surface area contributed by atoms with Gasteiger partial charge < -0.3 is 9.73 Å². The number of hydrogen-bond acceptors (Lipinski definition) is 5. The van der Waals surface area contributed by atoms with Gasteiger partial charge in [0.2, 0.25) is 0 Å². The maximum Gasteiger partial charge on any atom is 0.257 e. The quantitative estimate of drug-likeness (QED) is 0.790. The van der Waals surface area contributed by atoms with E-state index in [9.17, 15) is 4.79 Å². The van der Waals surface area contributed by atoms with Crippen LogP contribution in [-0.4, -0.2) is 31.0 Å². The van der Waals surface area contributed by atoms with E-state index >= 15 is 0 Å². The molecule has 0 unspecified atom stereocenters. The summed E-state index contributed by atoms with van der Waals surface area (Å²) in [7, 11) is 0. The smallest absolute Gasteiger partial charge is 0.257 e. The molecule has 0 spiro atoms. The Bertz CT molecular complexity index is 965. The Morgan fingerprint density at radius 2 is 2.08 bits per heavy atom. The zero-order chi connectivity index (χ0) is 17.8. The highest BCUT2D eigenvalue weighted by Crippen LogP contribution is 2.39. The molecule has 25 heavy (non-hydrogen) atoms. The van der Waals surface area contributed by atoms with Crippen LogP contribution in [0.2, 0.25) is 0 Å². The van der Waals surface area contributed by atoms with E-state index in [1.807, 2.05) is 13.0 Å². The van der Waals surface area contributed by atoms with E-state index < -0.39 is 0 Å². The first-order valence-electron chi connectivity index (χ1n) is 8.46. The Labute approximate surface area is 145 Å². The number of amides is 1. The maximum absolute atomic E-state index is 12.8. The predicted octanol–water partition coefficient (Wildman–Crippen LogP) is 2.92. The molecular formula is C18H21N5O2. The number of hydrogen-bond donors (Lipinski definition) is 1. The first-order valence-corrected chi connectivity index (χ1v) is 8.46. The molecule has 7 heteroatoms. The first-order chi connectivity index (χ1) is 11.8. The zero-order valence-corrected chi connectivity index (χ0v) is 14.8. The molecule has 3 aromatic heterocycles. The summed E-state index contributed by atoms with van der Waals surface area (Å²) in [6, 6.07) is 1.87. The molecule has 4 rings (SSSR count). The summed E-state index contributed by atoms with van der Waals surface area (Å²) in [6.45, 7) is 7.84. The third-order valence-corrected chi connectivity index (χ3v) is 4.80. The van der Waals surface area contributed by atoms with Crippen molar-refractivity contribution in [2.45, 2.75) is 46.1 Å². The fourth-order valence-electron chi connectivity index (χ4n) is 3.15. The molecule has 0 aromatic carbocycles. The van der Waals surface area contributed by atoms with Crippen LogP contribution in [0.4, 0.5) is 0 Å². The van der Waals surface area contributed by atoms with E-state index in [2.05, 4.69) is 34.2 Å². The fourth-order valence-corrected chi connectivity index (χ4v) is 3.15. The summed E-state index contributed by atoms with van der Waals surface area (Å²) >= 11 is 0. The lowest BCUT2D eigenvalue weighted by molar-refractivity contribution is 0.0905. The van der Waals surface area contributed by atoms with E-state index in [1.165, 1.54) is 0 Å². The largest absolute Gasteiger partial charge is 0.439 e. The van der Waals surface area contributed by atoms with Crippen molar-refractivity contribution in [3.05, 3.63) is 35.6 Å². The van der Waals surface area contributed by atoms with Crippen LogP contribution in [0.3, 0.4) is 0 Å². The Morgan fingerprint density at radius 3 is 2.72 bits per heavy atom. The number of nitrogens with zero attached hydrogens (tertiary/aromatic N) is 4. The van der Waals surface area contributed by atoms with Gasteiger partial charge in [0, 0.05) is 18.2 Å². The van der Waals surface area contributed by atoms with Gasteiger partial charge in [0.05, 0.1) is 12.4 Å². The molecule has 1 aliphatic carbocycles. The Balaban J connectivity index is 1.74. The SMILES string of the molecule is Cc1ncc(-c2cc(C)n3ncc(C(=O)NC(C)(C)C4CC4)c3n2)o1. The van der Waals surface area contributed by atoms with Gasteiger partial charge in [-0.05, 0) is 45.6 Å². The molecule has 3 heterocycles. The summed E-state index contributed by atoms with van der Waals surface area (Å²) in [4.78, 5) is 21.5. The lowest BCUT2D eigenvalue weighted by Gasteiger charge is -2.25. The third-order valence-electron chi connectivity index (χ3n) is 4.80. The van der Waals surface area contributed by atoms with Crippen molar-refractivity contribution in [2.24, 2.45) is 5.92 Å². The zero-order valence-electron chi connectivity index (χ0n) is 14.8. The minimum absolute atomic E-state index is 0.148. The molecule has 0 saturated heterocycles. The van der Waals surface area contributed by atoms with E-state index in [0.29, 0.717) is 34.5 Å². The van der Waals surface area contributed by atoms with Gasteiger partial charge in [0.1, 0.15) is 11.3 Å². The highest BCUT2D eigenvalue weighted by Gasteiger charge is 2.39. The van der Waals surface area contributed by atoms with Crippen LogP contribution >= 0.6 is 0 Å². The van der Waals surface area contributed by atoms with Crippen LogP contribution in [0, 0.1) is 19.8 Å². The van der Waals surface area contributed by atoms with E-state index in [0.717, 1.165) is 18.5 Å². The summed E-state index contributed by atoms with van der Waals surface area (Å²) < 4.78 is 7.24. The first kappa shape index (κ1) is 15.8. The van der Waals surface area contributed by atoms with Gasteiger partial charge in [0.25, 0.3) is 5.91 Å². The summed E-state index contributed by atoms with van der Waals surface area (Å²) in [5, 5.41) is 7.44. The van der Waals surface area contributed by atoms with Crippen molar-refractivity contribution in [2.75, 3.05) is 0 Å². The summed E-state index contributed by atoms with van der Waals surface area (Å²) in [5.41, 5.74) is 2.28. The molecule has 7 nitrogen and oxygen atoms in total. The second kappa shape index (κ2) is 5.40. The van der Waals surface area contributed by atoms with Crippen LogP contribution in [0.25, 0.3) is 17.1 Å². The molecule has 1 aliphatic rings. The normalized spacial score (nSPS) is 14.9. The summed E-state index contributed by atoms with van der Waals surface area (Å²) in [6.07, 6.45) is 5.53. The topological polar surface area (TPSA) is 85.3 Å². The lowest BCUT2D eigenvalue weighted by atomic mass is 9.98. The van der Waals surface area contributed by atoms with Crippen molar-refractivity contribution in [1.29, 1.82) is 0 Å². The van der Waals surface area contributed by atoms with Gasteiger partial charge >= 0.3 is 0 Å². The minimum atomic E-state index is -0.222. The third kappa shape index (κ3) is 2.79. The molecule has 0 atom stereocenters. The van der Waals surface area contributed by atoms with Crippen LogP contribution in [-0.2, 0) is 0 Å². The van der Waals surface area contributed by atoms with Crippen molar-refractivity contribution in [1.82, 2.24) is 24.9 Å². The number of carbonyl (C=O) groups excluding carboxylic acids is 1. The van der Waals surface area contributed by atoms with Crippen molar-refractivity contribution >= 4 is 11.6 Å². The Hall–Kier alpha value is -2.70. The molecule has 0 radical (unpaired) electrons. The number of aryl methyl sites for hydroxylation is 2. The Kier molecular flexibility index (Phi) is 3.42. The predicted molar refractivity (Wildman–Crippen MR) is 92.2 cm³/mol. The van der Waals surface area contributed by atoms with Crippen molar-refractivity contribution in [3.63, 3.8) is 0 Å². The van der Waals surface area contributed by atoms with Crippen LogP contribution in [0.15, 0.2) is 22.9 Å². The summed E-state index contributed by atoms with van der Waals surface area (Å²) in [5.74, 6) is 1.55. The highest BCUT2D eigenvalue weighted by molar-refractivity contribution is 6.00. The lowest BCUT2D eigenvalue weighted by Crippen LogP contribution is -2.45. The molecule has 1 amide bonds. The van der Waals surface area contributed by atoms with Crippen LogP contribution in [0.5, 0.6) is 0 Å². The second-order valence-electron chi connectivity index (χ2n) is 7.27. The standard InChI is InChI=1S/C18H21N5O2/c1-10-7-14(15-9-19-11(2)25-15)21-16-13(8-20-23(10)16)17(24)22-18(3,4)12-5-6-12/h7-9,12H,5-6H2,1-4H3,(H,22,24). The molecule has 1 fully saturated rings. The minimum Gasteiger partial charge on any atom is -0.439 e. The molecule has 1 N–H and O–H groups in total. The fraction of sp³-hybridized carbons (Fsp3) is 0.444. The average molecular weight is 339 g/mol. The van der Waals surface area contributed by atoms with E-state index in [1.54, 1.807) is 23.8 Å². The van der Waals surface area contributed by atoms with Gasteiger partial charge in [-0.3, -0.25) is 4.79 Å². The van der Waals surface area contributed by atoms with Gasteiger partial charge in [0.15, 0.2) is 17.3 Å². The average Bonchev–Trinajstić information content (AvgIpc) is 3.19.